The first kappa shape index (κ1) is 15.4. The summed E-state index contributed by atoms with van der Waals surface area (Å²) in [7, 11) is 0. The number of benzene rings is 1. The number of rotatable bonds is 4. The fraction of sp³-hybridized carbons (Fsp3) is 0.588. The Bertz CT molecular complexity index is 421. The summed E-state index contributed by atoms with van der Waals surface area (Å²) < 4.78 is 0. The molecule has 3 heteroatoms. The van der Waals surface area contributed by atoms with Crippen LogP contribution in [0.25, 0.3) is 0 Å². The molecule has 2 nitrogen and oxygen atoms in total. The van der Waals surface area contributed by atoms with Crippen LogP contribution < -0.4 is 0 Å². The highest BCUT2D eigenvalue weighted by Gasteiger charge is 2.24. The lowest BCUT2D eigenvalue weighted by atomic mass is 10.1. The number of halogens is 1. The van der Waals surface area contributed by atoms with Crippen LogP contribution in [-0.4, -0.2) is 22.7 Å². The number of carbonyl (C=O) groups is 1. The summed E-state index contributed by atoms with van der Waals surface area (Å²) in [5.74, 6) is 0.154. The summed E-state index contributed by atoms with van der Waals surface area (Å²) >= 11 is 5.81. The molecule has 0 saturated heterocycles. The van der Waals surface area contributed by atoms with E-state index in [1.807, 2.05) is 4.90 Å². The monoisotopic (exact) mass is 293 g/mol. The molecule has 0 aliphatic heterocycles. The van der Waals surface area contributed by atoms with Gasteiger partial charge in [0.05, 0.1) is 0 Å². The minimum absolute atomic E-state index is 0.0686. The van der Waals surface area contributed by atoms with Gasteiger partial charge in [-0.2, -0.15) is 0 Å². The van der Waals surface area contributed by atoms with Crippen molar-refractivity contribution in [3.8, 4) is 0 Å². The first-order valence-corrected chi connectivity index (χ1v) is 8.15. The molecule has 0 radical (unpaired) electrons. The minimum Gasteiger partial charge on any atom is -0.334 e. The molecule has 1 aliphatic carbocycles. The van der Waals surface area contributed by atoms with Crippen molar-refractivity contribution in [2.75, 3.05) is 5.88 Å². The van der Waals surface area contributed by atoms with Gasteiger partial charge in [0.25, 0.3) is 0 Å². The van der Waals surface area contributed by atoms with Crippen LogP contribution in [-0.2, 0) is 11.3 Å². The summed E-state index contributed by atoms with van der Waals surface area (Å²) in [6.07, 6.45) is 7.28. The zero-order valence-corrected chi connectivity index (χ0v) is 13.0. The van der Waals surface area contributed by atoms with Crippen molar-refractivity contribution in [2.24, 2.45) is 0 Å². The van der Waals surface area contributed by atoms with Crippen molar-refractivity contribution in [3.05, 3.63) is 35.4 Å². The summed E-state index contributed by atoms with van der Waals surface area (Å²) in [6.45, 7) is 2.77. The van der Waals surface area contributed by atoms with Crippen molar-refractivity contribution in [2.45, 2.75) is 58.0 Å². The van der Waals surface area contributed by atoms with E-state index in [1.165, 1.54) is 36.8 Å². The maximum Gasteiger partial charge on any atom is 0.238 e. The minimum atomic E-state index is 0.0686. The molecule has 0 unspecified atom stereocenters. The number of nitrogens with zero attached hydrogens (tertiary/aromatic N) is 1. The average Bonchev–Trinajstić information content (AvgIpc) is 2.75. The molecule has 110 valence electrons. The highest BCUT2D eigenvalue weighted by Crippen LogP contribution is 2.24. The Morgan fingerprint density at radius 2 is 1.75 bits per heavy atom. The quantitative estimate of drug-likeness (QED) is 0.599. The van der Waals surface area contributed by atoms with E-state index in [-0.39, 0.29) is 11.8 Å². The standard InChI is InChI=1S/C17H24ClNO/c1-14-8-10-15(11-9-14)13-19(17(20)12-18)16-6-4-2-3-5-7-16/h8-11,16H,2-7,12-13H2,1H3. The predicted molar refractivity (Wildman–Crippen MR) is 83.9 cm³/mol. The molecule has 0 spiro atoms. The number of hydrogen-bond donors (Lipinski definition) is 0. The van der Waals surface area contributed by atoms with Crippen molar-refractivity contribution in [3.63, 3.8) is 0 Å². The van der Waals surface area contributed by atoms with Gasteiger partial charge in [0, 0.05) is 12.6 Å². The summed E-state index contributed by atoms with van der Waals surface area (Å²) in [5, 5.41) is 0. The number of amides is 1. The van der Waals surface area contributed by atoms with Crippen LogP contribution >= 0.6 is 11.6 Å². The van der Waals surface area contributed by atoms with E-state index in [1.54, 1.807) is 0 Å². The second kappa shape index (κ2) is 7.68. The third-order valence-electron chi connectivity index (χ3n) is 4.17. The van der Waals surface area contributed by atoms with Crippen LogP contribution in [0.15, 0.2) is 24.3 Å². The van der Waals surface area contributed by atoms with Gasteiger partial charge >= 0.3 is 0 Å². The fourth-order valence-corrected chi connectivity index (χ4v) is 3.11. The Balaban J connectivity index is 2.10. The Hall–Kier alpha value is -1.02. The van der Waals surface area contributed by atoms with Crippen molar-refractivity contribution < 1.29 is 4.79 Å². The molecule has 0 aromatic heterocycles. The second-order valence-electron chi connectivity index (χ2n) is 5.79. The number of carbonyl (C=O) groups excluding carboxylic acids is 1. The lowest BCUT2D eigenvalue weighted by molar-refractivity contribution is -0.131. The molecule has 1 fully saturated rings. The van der Waals surface area contributed by atoms with Gasteiger partial charge in [-0.15, -0.1) is 11.6 Å². The van der Waals surface area contributed by atoms with Crippen molar-refractivity contribution in [1.29, 1.82) is 0 Å². The topological polar surface area (TPSA) is 20.3 Å². The first-order valence-electron chi connectivity index (χ1n) is 7.61. The summed E-state index contributed by atoms with van der Waals surface area (Å²) in [6, 6.07) is 8.80. The molecule has 0 N–H and O–H groups in total. The highest BCUT2D eigenvalue weighted by molar-refractivity contribution is 6.27. The van der Waals surface area contributed by atoms with Crippen LogP contribution in [0.2, 0.25) is 0 Å². The van der Waals surface area contributed by atoms with Crippen molar-refractivity contribution >= 4 is 17.5 Å². The first-order chi connectivity index (χ1) is 9.70. The van der Waals surface area contributed by atoms with Gasteiger partial charge in [0.15, 0.2) is 0 Å². The number of aryl methyl sites for hydroxylation is 1. The third kappa shape index (κ3) is 4.24. The molecule has 0 bridgehead atoms. The SMILES string of the molecule is Cc1ccc(CN(C(=O)CCl)C2CCCCCC2)cc1. The smallest absolute Gasteiger partial charge is 0.238 e. The summed E-state index contributed by atoms with van der Waals surface area (Å²) in [4.78, 5) is 14.2. The van der Waals surface area contributed by atoms with E-state index >= 15 is 0 Å². The maximum absolute atomic E-state index is 12.2. The van der Waals surface area contributed by atoms with Crippen LogP contribution in [0.3, 0.4) is 0 Å². The largest absolute Gasteiger partial charge is 0.334 e. The zero-order chi connectivity index (χ0) is 14.4. The molecule has 1 amide bonds. The molecule has 1 aliphatic rings. The van der Waals surface area contributed by atoms with Gasteiger partial charge in [-0.1, -0.05) is 55.5 Å². The average molecular weight is 294 g/mol. The third-order valence-corrected chi connectivity index (χ3v) is 4.40. The molecule has 1 saturated carbocycles. The van der Waals surface area contributed by atoms with Gasteiger partial charge in [-0.05, 0) is 25.3 Å². The molecule has 20 heavy (non-hydrogen) atoms. The molecular formula is C17H24ClNO. The van der Waals surface area contributed by atoms with Gasteiger partial charge in [-0.25, -0.2) is 0 Å². The van der Waals surface area contributed by atoms with Gasteiger partial charge in [0.1, 0.15) is 5.88 Å². The maximum atomic E-state index is 12.2. The molecule has 0 heterocycles. The van der Waals surface area contributed by atoms with E-state index in [2.05, 4.69) is 31.2 Å². The van der Waals surface area contributed by atoms with Crippen LogP contribution in [0.1, 0.15) is 49.7 Å². The van der Waals surface area contributed by atoms with Gasteiger partial charge < -0.3 is 4.90 Å². The number of alkyl halides is 1. The van der Waals surface area contributed by atoms with Crippen molar-refractivity contribution in [1.82, 2.24) is 4.90 Å². The Morgan fingerprint density at radius 1 is 1.15 bits per heavy atom. The van der Waals surface area contributed by atoms with E-state index in [9.17, 15) is 4.79 Å². The van der Waals surface area contributed by atoms with E-state index < -0.39 is 0 Å². The highest BCUT2D eigenvalue weighted by atomic mass is 35.5. The fourth-order valence-electron chi connectivity index (χ4n) is 2.96. The zero-order valence-electron chi connectivity index (χ0n) is 12.3. The Labute approximate surface area is 127 Å². The summed E-state index contributed by atoms with van der Waals surface area (Å²) in [5.41, 5.74) is 2.44. The Morgan fingerprint density at radius 3 is 2.30 bits per heavy atom. The van der Waals surface area contributed by atoms with Crippen LogP contribution in [0, 0.1) is 6.92 Å². The number of hydrogen-bond acceptors (Lipinski definition) is 1. The normalized spacial score (nSPS) is 16.7. The van der Waals surface area contributed by atoms with E-state index in [0.29, 0.717) is 12.6 Å². The molecule has 2 rings (SSSR count). The van der Waals surface area contributed by atoms with E-state index in [4.69, 9.17) is 11.6 Å². The van der Waals surface area contributed by atoms with E-state index in [0.717, 1.165) is 12.8 Å². The van der Waals surface area contributed by atoms with Crippen LogP contribution in [0.4, 0.5) is 0 Å². The van der Waals surface area contributed by atoms with Gasteiger partial charge in [0.2, 0.25) is 5.91 Å². The lowest BCUT2D eigenvalue weighted by Crippen LogP contribution is -2.40. The second-order valence-corrected chi connectivity index (χ2v) is 6.05. The molecule has 1 aromatic rings. The Kier molecular flexibility index (Phi) is 5.90. The lowest BCUT2D eigenvalue weighted by Gasteiger charge is -2.31. The molecular weight excluding hydrogens is 270 g/mol. The van der Waals surface area contributed by atoms with Gasteiger partial charge in [-0.3, -0.25) is 4.79 Å². The molecule has 0 atom stereocenters. The predicted octanol–water partition coefficient (Wildman–Crippen LogP) is 4.29. The van der Waals surface area contributed by atoms with Crippen LogP contribution in [0.5, 0.6) is 0 Å². The molecule has 1 aromatic carbocycles.